The van der Waals surface area contributed by atoms with Crippen molar-refractivity contribution in [1.29, 1.82) is 0 Å². The first kappa shape index (κ1) is 9.77. The molecule has 0 radical (unpaired) electrons. The molecule has 0 spiro atoms. The number of nitrogens with one attached hydrogen (secondary N) is 1. The fraction of sp³-hybridized carbons (Fsp3) is 0.571. The maximum Gasteiger partial charge on any atom is 0.184 e. The van der Waals surface area contributed by atoms with Crippen LogP contribution < -0.4 is 5.32 Å². The molecule has 0 aliphatic rings. The predicted molar refractivity (Wildman–Crippen MR) is 51.9 cm³/mol. The summed E-state index contributed by atoms with van der Waals surface area (Å²) >= 11 is 7.08. The van der Waals surface area contributed by atoms with Crippen LogP contribution in [0.1, 0.15) is 6.92 Å². The highest BCUT2D eigenvalue weighted by atomic mass is 35.5. The first-order chi connectivity index (χ1) is 5.72. The minimum atomic E-state index is 0.187. The quantitative estimate of drug-likeness (QED) is 0.790. The lowest BCUT2D eigenvalue weighted by Gasteiger charge is -2.07. The van der Waals surface area contributed by atoms with Crippen molar-refractivity contribution in [2.75, 3.05) is 18.5 Å². The van der Waals surface area contributed by atoms with Crippen molar-refractivity contribution in [2.24, 2.45) is 5.92 Å². The Balaban J connectivity index is 2.33. The highest BCUT2D eigenvalue weighted by molar-refractivity contribution is 7.19. The van der Waals surface area contributed by atoms with E-state index in [0.29, 0.717) is 4.34 Å². The number of aliphatic hydroxyl groups is 1. The Morgan fingerprint density at radius 1 is 1.83 bits per heavy atom. The van der Waals surface area contributed by atoms with Crippen LogP contribution in [0.2, 0.25) is 4.34 Å². The van der Waals surface area contributed by atoms with Gasteiger partial charge in [0.05, 0.1) is 6.20 Å². The second kappa shape index (κ2) is 4.64. The summed E-state index contributed by atoms with van der Waals surface area (Å²) in [4.78, 5) is 4.02. The predicted octanol–water partition coefficient (Wildman–Crippen LogP) is 1.84. The van der Waals surface area contributed by atoms with Gasteiger partial charge in [-0.3, -0.25) is 0 Å². The Labute approximate surface area is 80.4 Å². The molecule has 0 saturated carbocycles. The van der Waals surface area contributed by atoms with E-state index in [1.807, 2.05) is 6.92 Å². The number of thiazole rings is 1. The molecule has 3 nitrogen and oxygen atoms in total. The Morgan fingerprint density at radius 3 is 3.08 bits per heavy atom. The monoisotopic (exact) mass is 206 g/mol. The minimum Gasteiger partial charge on any atom is -0.396 e. The minimum absolute atomic E-state index is 0.187. The van der Waals surface area contributed by atoms with Crippen molar-refractivity contribution < 1.29 is 5.11 Å². The summed E-state index contributed by atoms with van der Waals surface area (Å²) in [5.41, 5.74) is 0. The fourth-order valence-corrected chi connectivity index (χ4v) is 1.48. The summed E-state index contributed by atoms with van der Waals surface area (Å²) in [6.45, 7) is 2.87. The second-order valence-electron chi connectivity index (χ2n) is 2.64. The maximum atomic E-state index is 8.73. The standard InChI is InChI=1S/C7H11ClN2OS/c1-5(4-11)2-9-7-10-3-6(8)12-7/h3,5,11H,2,4H2,1H3,(H,9,10). The Hall–Kier alpha value is -0.320. The molecule has 0 aliphatic heterocycles. The fourth-order valence-electron chi connectivity index (χ4n) is 0.662. The van der Waals surface area contributed by atoms with E-state index in [1.165, 1.54) is 11.3 Å². The van der Waals surface area contributed by atoms with E-state index in [-0.39, 0.29) is 12.5 Å². The van der Waals surface area contributed by atoms with Gasteiger partial charge in [0, 0.05) is 13.2 Å². The summed E-state index contributed by atoms with van der Waals surface area (Å²) < 4.78 is 0.675. The van der Waals surface area contributed by atoms with Crippen molar-refractivity contribution >= 4 is 28.1 Å². The van der Waals surface area contributed by atoms with Gasteiger partial charge >= 0.3 is 0 Å². The van der Waals surface area contributed by atoms with Gasteiger partial charge in [-0.15, -0.1) is 0 Å². The first-order valence-electron chi connectivity index (χ1n) is 3.68. The van der Waals surface area contributed by atoms with Gasteiger partial charge < -0.3 is 10.4 Å². The number of halogens is 1. The summed E-state index contributed by atoms with van der Waals surface area (Å²) in [7, 11) is 0. The molecule has 0 fully saturated rings. The van der Waals surface area contributed by atoms with Gasteiger partial charge in [-0.05, 0) is 5.92 Å². The van der Waals surface area contributed by atoms with E-state index >= 15 is 0 Å². The third kappa shape index (κ3) is 2.97. The van der Waals surface area contributed by atoms with Crippen LogP contribution in [-0.2, 0) is 0 Å². The number of anilines is 1. The average Bonchev–Trinajstić information content (AvgIpc) is 2.47. The first-order valence-corrected chi connectivity index (χ1v) is 4.88. The van der Waals surface area contributed by atoms with Gasteiger partial charge in [0.1, 0.15) is 4.34 Å². The van der Waals surface area contributed by atoms with Crippen molar-refractivity contribution in [3.05, 3.63) is 10.5 Å². The van der Waals surface area contributed by atoms with E-state index in [9.17, 15) is 0 Å². The summed E-state index contributed by atoms with van der Waals surface area (Å²) in [5, 5.41) is 12.6. The molecule has 1 unspecified atom stereocenters. The van der Waals surface area contributed by atoms with E-state index in [4.69, 9.17) is 16.7 Å². The summed E-state index contributed by atoms with van der Waals surface area (Å²) in [6.07, 6.45) is 1.61. The second-order valence-corrected chi connectivity index (χ2v) is 4.30. The molecule has 0 aliphatic carbocycles. The smallest absolute Gasteiger partial charge is 0.184 e. The Morgan fingerprint density at radius 2 is 2.58 bits per heavy atom. The van der Waals surface area contributed by atoms with Gasteiger partial charge in [-0.25, -0.2) is 4.98 Å². The van der Waals surface area contributed by atoms with Gasteiger partial charge in [-0.2, -0.15) is 0 Å². The Bertz CT molecular complexity index is 241. The van der Waals surface area contributed by atoms with Crippen molar-refractivity contribution in [3.8, 4) is 0 Å². The molecule has 1 rings (SSSR count). The van der Waals surface area contributed by atoms with Crippen molar-refractivity contribution in [1.82, 2.24) is 4.98 Å². The molecule has 0 amide bonds. The largest absolute Gasteiger partial charge is 0.396 e. The average molecular weight is 207 g/mol. The molecule has 68 valence electrons. The van der Waals surface area contributed by atoms with Gasteiger partial charge in [0.15, 0.2) is 5.13 Å². The molecular weight excluding hydrogens is 196 g/mol. The molecule has 0 bridgehead atoms. The summed E-state index contributed by atoms with van der Waals surface area (Å²) in [6, 6.07) is 0. The molecule has 0 aromatic carbocycles. The van der Waals surface area contributed by atoms with Crippen LogP contribution in [0.5, 0.6) is 0 Å². The Kier molecular flexibility index (Phi) is 3.78. The SMILES string of the molecule is CC(CO)CNc1ncc(Cl)s1. The van der Waals surface area contributed by atoms with E-state index in [1.54, 1.807) is 6.20 Å². The lowest BCUT2D eigenvalue weighted by atomic mass is 10.2. The number of hydrogen-bond donors (Lipinski definition) is 2. The van der Waals surface area contributed by atoms with Crippen LogP contribution in [-0.4, -0.2) is 23.2 Å². The zero-order valence-corrected chi connectivity index (χ0v) is 8.32. The van der Waals surface area contributed by atoms with Crippen molar-refractivity contribution in [2.45, 2.75) is 6.92 Å². The van der Waals surface area contributed by atoms with Crippen LogP contribution in [0.4, 0.5) is 5.13 Å². The topological polar surface area (TPSA) is 45.1 Å². The summed E-state index contributed by atoms with van der Waals surface area (Å²) in [5.74, 6) is 0.243. The maximum absolute atomic E-state index is 8.73. The van der Waals surface area contributed by atoms with E-state index in [0.717, 1.165) is 11.7 Å². The zero-order valence-electron chi connectivity index (χ0n) is 6.75. The normalized spacial score (nSPS) is 12.9. The molecule has 12 heavy (non-hydrogen) atoms. The number of hydrogen-bond acceptors (Lipinski definition) is 4. The van der Waals surface area contributed by atoms with Crippen LogP contribution in [0.25, 0.3) is 0 Å². The lowest BCUT2D eigenvalue weighted by Crippen LogP contribution is -2.14. The van der Waals surface area contributed by atoms with Gasteiger partial charge in [0.2, 0.25) is 0 Å². The number of aliphatic hydroxyl groups excluding tert-OH is 1. The highest BCUT2D eigenvalue weighted by Crippen LogP contribution is 2.22. The van der Waals surface area contributed by atoms with Crippen LogP contribution >= 0.6 is 22.9 Å². The van der Waals surface area contributed by atoms with Crippen LogP contribution in [0.3, 0.4) is 0 Å². The molecule has 0 saturated heterocycles. The van der Waals surface area contributed by atoms with Gasteiger partial charge in [0.25, 0.3) is 0 Å². The highest BCUT2D eigenvalue weighted by Gasteiger charge is 2.02. The molecule has 1 aromatic rings. The van der Waals surface area contributed by atoms with Crippen LogP contribution in [0, 0.1) is 5.92 Å². The van der Waals surface area contributed by atoms with E-state index in [2.05, 4.69) is 10.3 Å². The molecule has 5 heteroatoms. The van der Waals surface area contributed by atoms with E-state index < -0.39 is 0 Å². The van der Waals surface area contributed by atoms with Crippen molar-refractivity contribution in [3.63, 3.8) is 0 Å². The molecular formula is C7H11ClN2OS. The number of nitrogens with zero attached hydrogens (tertiary/aromatic N) is 1. The number of aromatic nitrogens is 1. The molecule has 1 heterocycles. The van der Waals surface area contributed by atoms with Gasteiger partial charge in [-0.1, -0.05) is 29.9 Å². The number of rotatable bonds is 4. The molecule has 1 atom stereocenters. The van der Waals surface area contributed by atoms with Crippen LogP contribution in [0.15, 0.2) is 6.20 Å². The molecule has 1 aromatic heterocycles. The zero-order chi connectivity index (χ0) is 8.97. The third-order valence-electron chi connectivity index (χ3n) is 1.39. The lowest BCUT2D eigenvalue weighted by molar-refractivity contribution is 0.244. The third-order valence-corrected chi connectivity index (χ3v) is 2.46. The molecule has 2 N–H and O–H groups in total.